The van der Waals surface area contributed by atoms with Gasteiger partial charge in [-0.25, -0.2) is 0 Å². The molecule has 0 unspecified atom stereocenters. The summed E-state index contributed by atoms with van der Waals surface area (Å²) in [4.78, 5) is 12.7. The van der Waals surface area contributed by atoms with Gasteiger partial charge in [-0.05, 0) is 34.7 Å². The summed E-state index contributed by atoms with van der Waals surface area (Å²) in [5.74, 6) is 0.185. The van der Waals surface area contributed by atoms with Crippen LogP contribution in [0.25, 0.3) is 10.8 Å². The number of benzene rings is 2. The molecule has 25 heavy (non-hydrogen) atoms. The summed E-state index contributed by atoms with van der Waals surface area (Å²) in [5, 5.41) is 12.3. The number of aromatic hydroxyl groups is 1. The smallest absolute Gasteiger partial charge is 0.179 e. The van der Waals surface area contributed by atoms with E-state index in [1.165, 1.54) is 10.8 Å². The maximum Gasteiger partial charge on any atom is 0.179 e. The number of nitrogens with zero attached hydrogens (tertiary/aromatic N) is 1. The third-order valence-electron chi connectivity index (χ3n) is 4.48. The van der Waals surface area contributed by atoms with Gasteiger partial charge in [0.25, 0.3) is 0 Å². The van der Waals surface area contributed by atoms with E-state index in [-0.39, 0.29) is 23.0 Å². The molecule has 3 heteroatoms. The summed E-state index contributed by atoms with van der Waals surface area (Å²) in [6.07, 6.45) is 2.09. The van der Waals surface area contributed by atoms with E-state index in [1.807, 2.05) is 37.5 Å². The van der Waals surface area contributed by atoms with Gasteiger partial charge in [0.1, 0.15) is 5.75 Å². The second kappa shape index (κ2) is 6.40. The van der Waals surface area contributed by atoms with E-state index < -0.39 is 0 Å². The highest BCUT2D eigenvalue weighted by Gasteiger charge is 2.23. The number of carbonyl (C=O) groups excluding carboxylic acids is 1. The second-order valence-corrected chi connectivity index (χ2v) is 7.93. The minimum absolute atomic E-state index is 0.0376. The maximum atomic E-state index is 12.7. The van der Waals surface area contributed by atoms with Gasteiger partial charge in [-0.1, -0.05) is 57.2 Å². The normalized spacial score (nSPS) is 13.1. The predicted octanol–water partition coefficient (Wildman–Crippen LogP) is 5.58. The minimum atomic E-state index is -0.0893. The number of Topliss-reactive ketones (excluding diaryl/α,β-unsaturated/α-hetero) is 1. The Bertz CT molecular complexity index is 915. The summed E-state index contributed by atoms with van der Waals surface area (Å²) in [6.45, 7) is 8.19. The van der Waals surface area contributed by atoms with Crippen LogP contribution in [0, 0.1) is 5.41 Å². The van der Waals surface area contributed by atoms with Crippen molar-refractivity contribution in [2.75, 3.05) is 0 Å². The van der Waals surface area contributed by atoms with E-state index in [1.54, 1.807) is 12.3 Å². The highest BCUT2D eigenvalue weighted by Crippen LogP contribution is 2.30. The lowest BCUT2D eigenvalue weighted by molar-refractivity contribution is 0.0929. The summed E-state index contributed by atoms with van der Waals surface area (Å²) in [5.41, 5.74) is 1.58. The number of rotatable bonds is 4. The van der Waals surface area contributed by atoms with Gasteiger partial charge >= 0.3 is 0 Å². The first kappa shape index (κ1) is 17.3. The summed E-state index contributed by atoms with van der Waals surface area (Å²) >= 11 is 0. The molecular weight excluding hydrogens is 310 g/mol. The molecule has 3 rings (SSSR count). The van der Waals surface area contributed by atoms with Crippen molar-refractivity contribution in [1.82, 2.24) is 4.57 Å². The first-order valence-corrected chi connectivity index (χ1v) is 8.67. The Labute approximate surface area is 148 Å². The van der Waals surface area contributed by atoms with E-state index in [4.69, 9.17) is 0 Å². The summed E-state index contributed by atoms with van der Waals surface area (Å²) < 4.78 is 1.88. The van der Waals surface area contributed by atoms with E-state index in [0.29, 0.717) is 12.1 Å². The molecule has 0 bridgehead atoms. The molecule has 0 saturated carbocycles. The van der Waals surface area contributed by atoms with Crippen LogP contribution in [-0.4, -0.2) is 15.5 Å². The van der Waals surface area contributed by atoms with Crippen molar-refractivity contribution in [2.45, 2.75) is 40.2 Å². The number of fused-ring (bicyclic) bond motifs is 1. The number of ketones is 1. The predicted molar refractivity (Wildman–Crippen MR) is 102 cm³/mol. The molecule has 0 fully saturated rings. The first-order chi connectivity index (χ1) is 11.7. The van der Waals surface area contributed by atoms with Crippen LogP contribution in [0.4, 0.5) is 0 Å². The molecule has 1 aromatic heterocycles. The molecule has 0 spiro atoms. The molecule has 0 amide bonds. The van der Waals surface area contributed by atoms with Crippen molar-refractivity contribution in [3.63, 3.8) is 0 Å². The Morgan fingerprint density at radius 2 is 1.76 bits per heavy atom. The third kappa shape index (κ3) is 3.76. The van der Waals surface area contributed by atoms with Gasteiger partial charge in [-0.2, -0.15) is 0 Å². The Morgan fingerprint density at radius 3 is 2.44 bits per heavy atom. The highest BCUT2D eigenvalue weighted by molar-refractivity contribution is 5.95. The van der Waals surface area contributed by atoms with Gasteiger partial charge in [0.05, 0.1) is 11.7 Å². The van der Waals surface area contributed by atoms with Crippen LogP contribution in [0.15, 0.2) is 54.7 Å². The number of hydrogen-bond donors (Lipinski definition) is 1. The quantitative estimate of drug-likeness (QED) is 0.633. The van der Waals surface area contributed by atoms with Crippen molar-refractivity contribution in [3.8, 4) is 5.75 Å². The van der Waals surface area contributed by atoms with E-state index in [0.717, 1.165) is 5.56 Å². The average molecular weight is 335 g/mol. The van der Waals surface area contributed by atoms with Crippen LogP contribution in [0.3, 0.4) is 0 Å². The fourth-order valence-corrected chi connectivity index (χ4v) is 3.21. The van der Waals surface area contributed by atoms with Crippen molar-refractivity contribution in [2.24, 2.45) is 5.41 Å². The zero-order chi connectivity index (χ0) is 18.2. The molecule has 3 nitrogen and oxygen atoms in total. The Hall–Kier alpha value is -2.55. The van der Waals surface area contributed by atoms with Crippen LogP contribution in [-0.2, 0) is 0 Å². The lowest BCUT2D eigenvalue weighted by Crippen LogP contribution is -2.18. The Balaban J connectivity index is 1.98. The Kier molecular flexibility index (Phi) is 4.42. The number of aromatic nitrogens is 1. The average Bonchev–Trinajstić information content (AvgIpc) is 2.94. The molecule has 0 aliphatic heterocycles. The van der Waals surface area contributed by atoms with E-state index >= 15 is 0 Å². The zero-order valence-electron chi connectivity index (χ0n) is 15.3. The Morgan fingerprint density at radius 1 is 1.08 bits per heavy atom. The van der Waals surface area contributed by atoms with Gasteiger partial charge in [0.2, 0.25) is 0 Å². The maximum absolute atomic E-state index is 12.7. The second-order valence-electron chi connectivity index (χ2n) is 7.93. The molecule has 0 aliphatic rings. The molecule has 0 aliphatic carbocycles. The standard InChI is InChI=1S/C22H25NO2/c1-15(17-10-9-16-7-5-6-8-18(16)11-17)23-14-19(24)12-20(23)21(25)13-22(2,3)4/h5-12,14-15,24H,13H2,1-4H3/t15-/m0/s1. The summed E-state index contributed by atoms with van der Waals surface area (Å²) in [6, 6.07) is 16.1. The molecule has 1 heterocycles. The number of hydrogen-bond acceptors (Lipinski definition) is 2. The van der Waals surface area contributed by atoms with Crippen LogP contribution in [0.5, 0.6) is 5.75 Å². The van der Waals surface area contributed by atoms with E-state index in [2.05, 4.69) is 37.3 Å². The molecule has 1 N–H and O–H groups in total. The number of carbonyl (C=O) groups is 1. The van der Waals surface area contributed by atoms with Crippen LogP contribution in [0.2, 0.25) is 0 Å². The molecule has 1 atom stereocenters. The molecule has 0 saturated heterocycles. The topological polar surface area (TPSA) is 42.2 Å². The fourth-order valence-electron chi connectivity index (χ4n) is 3.21. The van der Waals surface area contributed by atoms with Crippen molar-refractivity contribution in [3.05, 3.63) is 66.0 Å². The van der Waals surface area contributed by atoms with Crippen LogP contribution in [0.1, 0.15) is 56.2 Å². The lowest BCUT2D eigenvalue weighted by atomic mass is 9.89. The SMILES string of the molecule is C[C@@H](c1ccc2ccccc2c1)n1cc(O)cc1C(=O)CC(C)(C)C. The minimum Gasteiger partial charge on any atom is -0.506 e. The monoisotopic (exact) mass is 335 g/mol. The van der Waals surface area contributed by atoms with Crippen LogP contribution >= 0.6 is 0 Å². The van der Waals surface area contributed by atoms with Gasteiger partial charge in [0.15, 0.2) is 5.78 Å². The molecule has 0 radical (unpaired) electrons. The van der Waals surface area contributed by atoms with Gasteiger partial charge in [0, 0.05) is 18.7 Å². The molecule has 130 valence electrons. The molecule has 3 aromatic rings. The largest absolute Gasteiger partial charge is 0.506 e. The molecular formula is C22H25NO2. The van der Waals surface area contributed by atoms with Gasteiger partial charge < -0.3 is 9.67 Å². The highest BCUT2D eigenvalue weighted by atomic mass is 16.3. The molecule has 2 aromatic carbocycles. The van der Waals surface area contributed by atoms with Crippen LogP contribution < -0.4 is 0 Å². The van der Waals surface area contributed by atoms with Crippen molar-refractivity contribution >= 4 is 16.6 Å². The first-order valence-electron chi connectivity index (χ1n) is 8.67. The zero-order valence-corrected chi connectivity index (χ0v) is 15.3. The van der Waals surface area contributed by atoms with Gasteiger partial charge in [-0.15, -0.1) is 0 Å². The van der Waals surface area contributed by atoms with Crippen molar-refractivity contribution < 1.29 is 9.90 Å². The van der Waals surface area contributed by atoms with Crippen molar-refractivity contribution in [1.29, 1.82) is 0 Å². The fraction of sp³-hybridized carbons (Fsp3) is 0.318. The lowest BCUT2D eigenvalue weighted by Gasteiger charge is -2.21. The summed E-state index contributed by atoms with van der Waals surface area (Å²) in [7, 11) is 0. The van der Waals surface area contributed by atoms with E-state index in [9.17, 15) is 9.90 Å². The van der Waals surface area contributed by atoms with Gasteiger partial charge in [-0.3, -0.25) is 4.79 Å². The third-order valence-corrected chi connectivity index (χ3v) is 4.48.